The Labute approximate surface area is 146 Å². The smallest absolute Gasteiger partial charge is 0.162 e. The van der Waals surface area contributed by atoms with Crippen molar-refractivity contribution in [1.82, 2.24) is 9.97 Å². The van der Waals surface area contributed by atoms with Crippen molar-refractivity contribution in [2.75, 3.05) is 12.4 Å². The van der Waals surface area contributed by atoms with E-state index in [0.717, 1.165) is 14.7 Å². The summed E-state index contributed by atoms with van der Waals surface area (Å²) in [5.41, 5.74) is 0.731. The van der Waals surface area contributed by atoms with Gasteiger partial charge in [0.05, 0.1) is 22.5 Å². The number of aromatic nitrogens is 2. The summed E-state index contributed by atoms with van der Waals surface area (Å²) in [6.45, 7) is 3.92. The molecule has 3 rings (SSSR count). The third kappa shape index (κ3) is 3.25. The number of aryl methyl sites for hydroxylation is 1. The van der Waals surface area contributed by atoms with Gasteiger partial charge in [0, 0.05) is 16.3 Å². The molecule has 0 fully saturated rings. The number of nitrogens with one attached hydrogen (secondary N) is 1. The summed E-state index contributed by atoms with van der Waals surface area (Å²) in [4.78, 5) is 10.1. The highest BCUT2D eigenvalue weighted by molar-refractivity contribution is 9.11. The summed E-state index contributed by atoms with van der Waals surface area (Å²) < 4.78 is 6.24. The molecule has 1 atom stereocenters. The minimum Gasteiger partial charge on any atom is -0.504 e. The average molecular weight is 394 g/mol. The van der Waals surface area contributed by atoms with Crippen molar-refractivity contribution in [1.29, 1.82) is 0 Å². The Bertz CT molecular complexity index is 866. The number of hydrogen-bond donors (Lipinski definition) is 2. The Balaban J connectivity index is 2.04. The van der Waals surface area contributed by atoms with E-state index in [1.54, 1.807) is 23.5 Å². The van der Waals surface area contributed by atoms with Crippen LogP contribution in [0.15, 0.2) is 28.1 Å². The zero-order valence-corrected chi connectivity index (χ0v) is 15.3. The molecule has 0 radical (unpaired) electrons. The number of thiophene rings is 1. The van der Waals surface area contributed by atoms with E-state index in [9.17, 15) is 5.11 Å². The molecule has 7 heteroatoms. The van der Waals surface area contributed by atoms with Gasteiger partial charge in [-0.2, -0.15) is 0 Å². The van der Waals surface area contributed by atoms with Gasteiger partial charge < -0.3 is 15.2 Å². The van der Waals surface area contributed by atoms with Gasteiger partial charge in [-0.1, -0.05) is 0 Å². The monoisotopic (exact) mass is 393 g/mol. The van der Waals surface area contributed by atoms with Gasteiger partial charge in [-0.15, -0.1) is 11.3 Å². The summed E-state index contributed by atoms with van der Waals surface area (Å²) in [6, 6.07) is 7.54. The SMILES string of the molecule is COc1cc2nc(C)nc(NC(C)c3ccc(Br)s3)c2cc1O. The minimum absolute atomic E-state index is 0.0713. The van der Waals surface area contributed by atoms with Gasteiger partial charge in [0.25, 0.3) is 0 Å². The van der Waals surface area contributed by atoms with E-state index in [2.05, 4.69) is 44.2 Å². The molecule has 1 aromatic carbocycles. The zero-order chi connectivity index (χ0) is 16.6. The molecule has 1 unspecified atom stereocenters. The molecule has 2 heterocycles. The second kappa shape index (κ2) is 6.33. The number of methoxy groups -OCH3 is 1. The number of anilines is 1. The van der Waals surface area contributed by atoms with Crippen molar-refractivity contribution >= 4 is 44.0 Å². The van der Waals surface area contributed by atoms with Crippen LogP contribution >= 0.6 is 27.3 Å². The molecule has 0 spiro atoms. The lowest BCUT2D eigenvalue weighted by molar-refractivity contribution is 0.374. The Morgan fingerprint density at radius 3 is 2.74 bits per heavy atom. The molecule has 2 aromatic heterocycles. The number of fused-ring (bicyclic) bond motifs is 1. The third-order valence-corrected chi connectivity index (χ3v) is 5.29. The maximum atomic E-state index is 10.0. The molecule has 3 aromatic rings. The van der Waals surface area contributed by atoms with Gasteiger partial charge in [0.15, 0.2) is 11.5 Å². The van der Waals surface area contributed by atoms with Crippen molar-refractivity contribution in [3.8, 4) is 11.5 Å². The number of phenols is 1. The quantitative estimate of drug-likeness (QED) is 0.674. The number of nitrogens with zero attached hydrogens (tertiary/aromatic N) is 2. The maximum absolute atomic E-state index is 10.0. The topological polar surface area (TPSA) is 67.3 Å². The van der Waals surface area contributed by atoms with Crippen molar-refractivity contribution in [3.63, 3.8) is 0 Å². The van der Waals surface area contributed by atoms with E-state index < -0.39 is 0 Å². The average Bonchev–Trinajstić information content (AvgIpc) is 2.94. The fraction of sp³-hybridized carbons (Fsp3) is 0.250. The first-order chi connectivity index (χ1) is 11.0. The van der Waals surface area contributed by atoms with Gasteiger partial charge in [0.1, 0.15) is 11.6 Å². The number of rotatable bonds is 4. The van der Waals surface area contributed by atoms with Crippen LogP contribution in [-0.4, -0.2) is 22.2 Å². The van der Waals surface area contributed by atoms with Crippen LogP contribution in [0.1, 0.15) is 23.7 Å². The summed E-state index contributed by atoms with van der Waals surface area (Å²) in [5.74, 6) is 1.83. The number of halogens is 1. The first-order valence-electron chi connectivity index (χ1n) is 7.05. The molecule has 0 bridgehead atoms. The minimum atomic E-state index is 0.0713. The Hall–Kier alpha value is -1.86. The van der Waals surface area contributed by atoms with Crippen LogP contribution in [-0.2, 0) is 0 Å². The van der Waals surface area contributed by atoms with Gasteiger partial charge in [-0.05, 0) is 48.0 Å². The van der Waals surface area contributed by atoms with E-state index in [1.165, 1.54) is 12.0 Å². The third-order valence-electron chi connectivity index (χ3n) is 3.48. The molecule has 0 saturated carbocycles. The normalized spacial score (nSPS) is 12.3. The van der Waals surface area contributed by atoms with Crippen LogP contribution in [0, 0.1) is 6.92 Å². The first kappa shape index (κ1) is 16.0. The van der Waals surface area contributed by atoms with Gasteiger partial charge >= 0.3 is 0 Å². The number of ether oxygens (including phenoxy) is 1. The molecule has 5 nitrogen and oxygen atoms in total. The van der Waals surface area contributed by atoms with Crippen molar-refractivity contribution in [2.45, 2.75) is 19.9 Å². The highest BCUT2D eigenvalue weighted by Crippen LogP contribution is 2.35. The molecule has 23 heavy (non-hydrogen) atoms. The van der Waals surface area contributed by atoms with Gasteiger partial charge in [-0.25, -0.2) is 9.97 Å². The van der Waals surface area contributed by atoms with Crippen molar-refractivity contribution in [2.24, 2.45) is 0 Å². The fourth-order valence-corrected chi connectivity index (χ4v) is 3.80. The van der Waals surface area contributed by atoms with E-state index in [4.69, 9.17) is 4.74 Å². The maximum Gasteiger partial charge on any atom is 0.162 e. The lowest BCUT2D eigenvalue weighted by atomic mass is 10.2. The second-order valence-electron chi connectivity index (χ2n) is 5.17. The molecular formula is C16H16BrN3O2S. The van der Waals surface area contributed by atoms with E-state index >= 15 is 0 Å². The van der Waals surface area contributed by atoms with E-state index in [0.29, 0.717) is 17.4 Å². The molecular weight excluding hydrogens is 378 g/mol. The van der Waals surface area contributed by atoms with Crippen molar-refractivity contribution < 1.29 is 9.84 Å². The summed E-state index contributed by atoms with van der Waals surface area (Å²) in [6.07, 6.45) is 0. The number of aromatic hydroxyl groups is 1. The molecule has 0 saturated heterocycles. The van der Waals surface area contributed by atoms with Gasteiger partial charge in [0.2, 0.25) is 0 Å². The molecule has 0 amide bonds. The van der Waals surface area contributed by atoms with Crippen molar-refractivity contribution in [3.05, 3.63) is 38.8 Å². The van der Waals surface area contributed by atoms with E-state index in [1.807, 2.05) is 13.0 Å². The van der Waals surface area contributed by atoms with Crippen LogP contribution in [0.4, 0.5) is 5.82 Å². The Kier molecular flexibility index (Phi) is 4.41. The standard InChI is InChI=1S/C16H16BrN3O2S/c1-8(14-4-5-15(17)23-14)18-16-10-6-12(21)13(22-3)7-11(10)19-9(2)20-16/h4-8,21H,1-3H3,(H,18,19,20). The molecule has 0 aliphatic carbocycles. The van der Waals surface area contributed by atoms with Crippen LogP contribution in [0.2, 0.25) is 0 Å². The lowest BCUT2D eigenvalue weighted by Crippen LogP contribution is -2.08. The second-order valence-corrected chi connectivity index (χ2v) is 7.66. The molecule has 120 valence electrons. The van der Waals surface area contributed by atoms with Crippen LogP contribution in [0.25, 0.3) is 10.9 Å². The van der Waals surface area contributed by atoms with E-state index in [-0.39, 0.29) is 11.8 Å². The van der Waals surface area contributed by atoms with Gasteiger partial charge in [-0.3, -0.25) is 0 Å². The highest BCUT2D eigenvalue weighted by Gasteiger charge is 2.14. The summed E-state index contributed by atoms with van der Waals surface area (Å²) in [5, 5.41) is 14.2. The fourth-order valence-electron chi connectivity index (χ4n) is 2.37. The zero-order valence-electron chi connectivity index (χ0n) is 12.9. The summed E-state index contributed by atoms with van der Waals surface area (Å²) in [7, 11) is 1.52. The Morgan fingerprint density at radius 1 is 1.30 bits per heavy atom. The molecule has 2 N–H and O–H groups in total. The number of benzene rings is 1. The predicted molar refractivity (Wildman–Crippen MR) is 96.5 cm³/mol. The predicted octanol–water partition coefficient (Wildman–Crippen LogP) is 4.65. The number of phenolic OH excluding ortho intramolecular Hbond substituents is 1. The van der Waals surface area contributed by atoms with Crippen LogP contribution in [0.5, 0.6) is 11.5 Å². The van der Waals surface area contributed by atoms with Crippen LogP contribution in [0.3, 0.4) is 0 Å². The molecule has 0 aliphatic heterocycles. The number of hydrogen-bond acceptors (Lipinski definition) is 6. The lowest BCUT2D eigenvalue weighted by Gasteiger charge is -2.16. The van der Waals surface area contributed by atoms with Crippen LogP contribution < -0.4 is 10.1 Å². The summed E-state index contributed by atoms with van der Waals surface area (Å²) >= 11 is 5.16. The first-order valence-corrected chi connectivity index (χ1v) is 8.66. The molecule has 0 aliphatic rings. The Morgan fingerprint density at radius 2 is 2.09 bits per heavy atom. The highest BCUT2D eigenvalue weighted by atomic mass is 79.9. The largest absolute Gasteiger partial charge is 0.504 e.